The van der Waals surface area contributed by atoms with Crippen molar-refractivity contribution in [1.29, 1.82) is 0 Å². The third-order valence-electron chi connectivity index (χ3n) is 2.69. The zero-order chi connectivity index (χ0) is 20.6. The molecule has 0 spiro atoms. The molecule has 2 heterocycles. The second-order valence-corrected chi connectivity index (χ2v) is 12.4. The number of H-pyrrole nitrogens is 2. The molecule has 0 unspecified atom stereocenters. The molecule has 0 aliphatic rings. The topological polar surface area (TPSA) is 154 Å². The molecular weight excluding hydrogens is 450 g/mol. The summed E-state index contributed by atoms with van der Waals surface area (Å²) in [6.45, 7) is 0.951. The fraction of sp³-hybridized carbons (Fsp3) is 0.667. The fourth-order valence-electron chi connectivity index (χ4n) is 1.80. The zero-order valence-corrected chi connectivity index (χ0v) is 19.2. The molecule has 0 radical (unpaired) electrons. The van der Waals surface area contributed by atoms with Crippen molar-refractivity contribution in [2.24, 2.45) is 0 Å². The van der Waals surface area contributed by atoms with Crippen molar-refractivity contribution in [3.8, 4) is 11.6 Å². The number of aromatic nitrogens is 6. The normalized spacial score (nSPS) is 12.6. The molecule has 2 N–H and O–H groups in total. The summed E-state index contributed by atoms with van der Waals surface area (Å²) in [6.07, 6.45) is 0. The van der Waals surface area contributed by atoms with Crippen LogP contribution < -0.4 is 0 Å². The highest BCUT2D eigenvalue weighted by Gasteiger charge is 2.30. The van der Waals surface area contributed by atoms with Crippen molar-refractivity contribution in [3.63, 3.8) is 0 Å². The summed E-state index contributed by atoms with van der Waals surface area (Å²) in [7, 11) is 0. The van der Waals surface area contributed by atoms with Gasteiger partial charge >= 0.3 is 13.6 Å². The van der Waals surface area contributed by atoms with Gasteiger partial charge in [-0.2, -0.15) is 9.97 Å². The Balaban J connectivity index is 2.12. The standard InChI is InChI=1S/C12H22N6O6P2S2/c1-5-21-25(19,22-6-2)27-11-13-9(15-17-11)10-14-12(18-16-10)28-26(20,23-7-3)24-8-4/h5-8H2,1-4H3,(H,13,15,17)(H,14,16,18). The zero-order valence-electron chi connectivity index (χ0n) is 15.8. The van der Waals surface area contributed by atoms with E-state index >= 15 is 0 Å². The Morgan fingerprint density at radius 1 is 0.714 bits per heavy atom. The molecular formula is C12H22N6O6P2S2. The van der Waals surface area contributed by atoms with Gasteiger partial charge in [0.2, 0.25) is 10.3 Å². The van der Waals surface area contributed by atoms with E-state index in [4.69, 9.17) is 18.1 Å². The second kappa shape index (κ2) is 10.9. The number of aromatic amines is 2. The van der Waals surface area contributed by atoms with Crippen LogP contribution in [0.4, 0.5) is 0 Å². The number of hydrogen-bond acceptors (Lipinski definition) is 12. The lowest BCUT2D eigenvalue weighted by molar-refractivity contribution is 0.236. The first-order chi connectivity index (χ1) is 13.4. The summed E-state index contributed by atoms with van der Waals surface area (Å²) in [4.78, 5) is 8.40. The molecule has 0 atom stereocenters. The molecule has 0 amide bonds. The van der Waals surface area contributed by atoms with E-state index in [1.54, 1.807) is 27.7 Å². The SMILES string of the molecule is CCOP(=O)(OCC)Sc1n[nH]c(-c2nc(SP(=O)(OCC)OCC)n[nH]2)n1. The minimum atomic E-state index is -3.41. The summed E-state index contributed by atoms with van der Waals surface area (Å²) in [5.41, 5.74) is 0. The van der Waals surface area contributed by atoms with Crippen molar-refractivity contribution < 1.29 is 27.2 Å². The van der Waals surface area contributed by atoms with Crippen LogP contribution in [0.2, 0.25) is 0 Å². The molecule has 0 aromatic carbocycles. The van der Waals surface area contributed by atoms with E-state index in [0.29, 0.717) is 0 Å². The summed E-state index contributed by atoms with van der Waals surface area (Å²) in [5, 5.41) is 13.6. The molecule has 158 valence electrons. The maximum atomic E-state index is 12.5. The van der Waals surface area contributed by atoms with Crippen molar-refractivity contribution >= 4 is 36.4 Å². The smallest absolute Gasteiger partial charge is 0.301 e. The Bertz CT molecular complexity index is 760. The van der Waals surface area contributed by atoms with Crippen molar-refractivity contribution in [2.45, 2.75) is 38.0 Å². The molecule has 0 saturated carbocycles. The average molecular weight is 472 g/mol. The van der Waals surface area contributed by atoms with Gasteiger partial charge in [-0.1, -0.05) is 0 Å². The van der Waals surface area contributed by atoms with Crippen molar-refractivity contribution in [2.75, 3.05) is 26.4 Å². The predicted octanol–water partition coefficient (Wildman–Crippen LogP) is 4.14. The second-order valence-electron chi connectivity index (χ2n) is 4.68. The average Bonchev–Trinajstić information content (AvgIpc) is 3.24. The molecule has 0 saturated heterocycles. The highest BCUT2D eigenvalue weighted by atomic mass is 32.7. The van der Waals surface area contributed by atoms with Gasteiger partial charge < -0.3 is 18.1 Å². The molecule has 28 heavy (non-hydrogen) atoms. The third kappa shape index (κ3) is 6.67. The van der Waals surface area contributed by atoms with E-state index in [9.17, 15) is 9.13 Å². The molecule has 0 bridgehead atoms. The fourth-order valence-corrected chi connectivity index (χ4v) is 7.85. The lowest BCUT2D eigenvalue weighted by Crippen LogP contribution is -1.93. The van der Waals surface area contributed by atoms with E-state index < -0.39 is 13.6 Å². The van der Waals surface area contributed by atoms with Crippen LogP contribution in [0.3, 0.4) is 0 Å². The molecule has 0 aliphatic carbocycles. The summed E-state index contributed by atoms with van der Waals surface area (Å²) in [6, 6.07) is 0. The first kappa shape index (κ1) is 23.6. The van der Waals surface area contributed by atoms with Crippen LogP contribution >= 0.6 is 36.4 Å². The van der Waals surface area contributed by atoms with Crippen LogP contribution in [-0.4, -0.2) is 56.8 Å². The minimum Gasteiger partial charge on any atom is -0.301 e. The van der Waals surface area contributed by atoms with Gasteiger partial charge in [0, 0.05) is 22.8 Å². The minimum absolute atomic E-state index is 0.167. The highest BCUT2D eigenvalue weighted by molar-refractivity contribution is 8.55. The number of rotatable bonds is 13. The van der Waals surface area contributed by atoms with Gasteiger partial charge in [-0.25, -0.2) is 9.13 Å². The number of hydrogen-bond donors (Lipinski definition) is 2. The molecule has 2 aromatic rings. The lowest BCUT2D eigenvalue weighted by Gasteiger charge is -2.13. The van der Waals surface area contributed by atoms with Crippen LogP contribution in [0, 0.1) is 0 Å². The summed E-state index contributed by atoms with van der Waals surface area (Å²) >= 11 is 1.58. The lowest BCUT2D eigenvalue weighted by atomic mass is 10.6. The first-order valence-electron chi connectivity index (χ1n) is 8.39. The van der Waals surface area contributed by atoms with Crippen LogP contribution in [0.5, 0.6) is 0 Å². The Kier molecular flexibility index (Phi) is 9.16. The van der Waals surface area contributed by atoms with E-state index in [-0.39, 0.29) is 48.4 Å². The summed E-state index contributed by atoms with van der Waals surface area (Å²) in [5.74, 6) is 0.507. The van der Waals surface area contributed by atoms with Gasteiger partial charge in [0.15, 0.2) is 11.6 Å². The molecule has 2 aromatic heterocycles. The molecule has 0 aliphatic heterocycles. The van der Waals surface area contributed by atoms with E-state index in [0.717, 1.165) is 22.8 Å². The Morgan fingerprint density at radius 2 is 1.04 bits per heavy atom. The Hall–Kier alpha value is -0.720. The maximum Gasteiger partial charge on any atom is 0.396 e. The van der Waals surface area contributed by atoms with Gasteiger partial charge in [0.25, 0.3) is 0 Å². The van der Waals surface area contributed by atoms with Crippen LogP contribution in [-0.2, 0) is 27.2 Å². The summed E-state index contributed by atoms with van der Waals surface area (Å²) < 4.78 is 45.9. The van der Waals surface area contributed by atoms with Gasteiger partial charge in [0.1, 0.15) is 0 Å². The van der Waals surface area contributed by atoms with Gasteiger partial charge in [-0.15, -0.1) is 10.2 Å². The van der Waals surface area contributed by atoms with E-state index in [2.05, 4.69) is 30.4 Å². The van der Waals surface area contributed by atoms with E-state index in [1.807, 2.05) is 0 Å². The highest BCUT2D eigenvalue weighted by Crippen LogP contribution is 2.63. The van der Waals surface area contributed by atoms with Crippen LogP contribution in [0.25, 0.3) is 11.6 Å². The first-order valence-corrected chi connectivity index (χ1v) is 14.3. The quantitative estimate of drug-likeness (QED) is 0.403. The van der Waals surface area contributed by atoms with E-state index in [1.165, 1.54) is 0 Å². The molecule has 12 nitrogen and oxygen atoms in total. The molecule has 2 rings (SSSR count). The predicted molar refractivity (Wildman–Crippen MR) is 105 cm³/mol. The van der Waals surface area contributed by atoms with Gasteiger partial charge in [-0.3, -0.25) is 10.2 Å². The number of nitrogens with zero attached hydrogens (tertiary/aromatic N) is 4. The van der Waals surface area contributed by atoms with Crippen LogP contribution in [0.1, 0.15) is 27.7 Å². The Morgan fingerprint density at radius 3 is 1.32 bits per heavy atom. The Labute approximate surface area is 170 Å². The van der Waals surface area contributed by atoms with Crippen molar-refractivity contribution in [1.82, 2.24) is 30.4 Å². The van der Waals surface area contributed by atoms with Gasteiger partial charge in [0.05, 0.1) is 26.4 Å². The van der Waals surface area contributed by atoms with Crippen LogP contribution in [0.15, 0.2) is 10.3 Å². The number of nitrogens with one attached hydrogen (secondary N) is 2. The molecule has 16 heteroatoms. The largest absolute Gasteiger partial charge is 0.396 e. The maximum absolute atomic E-state index is 12.5. The monoisotopic (exact) mass is 472 g/mol. The third-order valence-corrected chi connectivity index (χ3v) is 9.71. The molecule has 0 fully saturated rings. The van der Waals surface area contributed by atoms with Gasteiger partial charge in [-0.05, 0) is 27.7 Å². The van der Waals surface area contributed by atoms with Crippen molar-refractivity contribution in [3.05, 3.63) is 0 Å².